The Labute approximate surface area is 165 Å². The van der Waals surface area contributed by atoms with Crippen LogP contribution in [0.1, 0.15) is 26.3 Å². The highest BCUT2D eigenvalue weighted by molar-refractivity contribution is 5.68. The number of aromatic nitrogens is 1. The molecule has 1 aromatic heterocycles. The Morgan fingerprint density at radius 1 is 1.11 bits per heavy atom. The molecule has 28 heavy (non-hydrogen) atoms. The normalized spacial score (nSPS) is 14.7. The maximum Gasteiger partial charge on any atom is 0.410 e. The summed E-state index contributed by atoms with van der Waals surface area (Å²) in [7, 11) is 0. The first kappa shape index (κ1) is 19.9. The van der Waals surface area contributed by atoms with Crippen LogP contribution in [0, 0.1) is 5.82 Å². The highest BCUT2D eigenvalue weighted by Crippen LogP contribution is 2.18. The number of pyridine rings is 1. The van der Waals surface area contributed by atoms with E-state index >= 15 is 0 Å². The molecule has 3 rings (SSSR count). The number of carbonyl (C=O) groups is 1. The summed E-state index contributed by atoms with van der Waals surface area (Å²) in [5.74, 6) is 0.651. The molecule has 7 heteroatoms. The van der Waals surface area contributed by atoms with Gasteiger partial charge in [0.15, 0.2) is 0 Å². The van der Waals surface area contributed by atoms with Crippen molar-refractivity contribution in [1.29, 1.82) is 0 Å². The van der Waals surface area contributed by atoms with Crippen molar-refractivity contribution in [2.45, 2.75) is 32.9 Å². The van der Waals surface area contributed by atoms with Crippen LogP contribution in [0.4, 0.5) is 20.7 Å². The molecule has 150 valence electrons. The summed E-state index contributed by atoms with van der Waals surface area (Å²) in [4.78, 5) is 20.6. The average molecular weight is 386 g/mol. The van der Waals surface area contributed by atoms with Crippen molar-refractivity contribution in [3.05, 3.63) is 54.0 Å². The molecule has 0 unspecified atom stereocenters. The molecule has 0 bridgehead atoms. The number of amides is 1. The lowest BCUT2D eigenvalue weighted by atomic mass is 10.2. The van der Waals surface area contributed by atoms with Gasteiger partial charge >= 0.3 is 6.09 Å². The molecule has 1 fully saturated rings. The number of rotatable bonds is 4. The van der Waals surface area contributed by atoms with Crippen LogP contribution in [0.5, 0.6) is 0 Å². The predicted octanol–water partition coefficient (Wildman–Crippen LogP) is 3.89. The molecule has 1 aromatic carbocycles. The molecule has 1 aliphatic heterocycles. The van der Waals surface area contributed by atoms with Crippen LogP contribution in [-0.4, -0.2) is 47.8 Å². The average Bonchev–Trinajstić information content (AvgIpc) is 2.67. The van der Waals surface area contributed by atoms with Crippen LogP contribution in [0.2, 0.25) is 0 Å². The maximum absolute atomic E-state index is 12.9. The second kappa shape index (κ2) is 8.46. The number of hydrogen-bond donors (Lipinski definition) is 1. The highest BCUT2D eigenvalue weighted by Gasteiger charge is 2.26. The lowest BCUT2D eigenvalue weighted by Crippen LogP contribution is -2.50. The molecule has 0 spiro atoms. The third-order valence-electron chi connectivity index (χ3n) is 4.41. The monoisotopic (exact) mass is 386 g/mol. The van der Waals surface area contributed by atoms with Gasteiger partial charge in [-0.25, -0.2) is 14.2 Å². The van der Waals surface area contributed by atoms with Crippen molar-refractivity contribution in [1.82, 2.24) is 9.88 Å². The SMILES string of the molecule is CC(C)(C)OC(=O)N1CCN(c2ccc(NCc3ccc(F)cc3)cn2)CC1. The minimum atomic E-state index is -0.480. The number of carbonyl (C=O) groups excluding carboxylic acids is 1. The maximum atomic E-state index is 12.9. The summed E-state index contributed by atoms with van der Waals surface area (Å²) >= 11 is 0. The molecule has 6 nitrogen and oxygen atoms in total. The summed E-state index contributed by atoms with van der Waals surface area (Å²) in [6, 6.07) is 10.4. The van der Waals surface area contributed by atoms with Crippen molar-refractivity contribution in [2.75, 3.05) is 36.4 Å². The molecule has 2 aromatic rings. The fourth-order valence-electron chi connectivity index (χ4n) is 2.93. The molecular weight excluding hydrogens is 359 g/mol. The molecule has 0 radical (unpaired) electrons. The van der Waals surface area contributed by atoms with Crippen LogP contribution in [0.3, 0.4) is 0 Å². The number of nitrogens with one attached hydrogen (secondary N) is 1. The van der Waals surface area contributed by atoms with Crippen molar-refractivity contribution in [3.63, 3.8) is 0 Å². The van der Waals surface area contributed by atoms with Gasteiger partial charge in [0.25, 0.3) is 0 Å². The second-order valence-electron chi connectivity index (χ2n) is 7.84. The van der Waals surface area contributed by atoms with E-state index in [9.17, 15) is 9.18 Å². The van der Waals surface area contributed by atoms with Gasteiger partial charge in [-0.15, -0.1) is 0 Å². The minimum Gasteiger partial charge on any atom is -0.444 e. The van der Waals surface area contributed by atoms with Crippen LogP contribution in [-0.2, 0) is 11.3 Å². The number of nitrogens with zero attached hydrogens (tertiary/aromatic N) is 3. The van der Waals surface area contributed by atoms with E-state index in [0.717, 1.165) is 17.1 Å². The zero-order chi connectivity index (χ0) is 20.1. The highest BCUT2D eigenvalue weighted by atomic mass is 19.1. The molecule has 0 aliphatic carbocycles. The molecule has 1 saturated heterocycles. The smallest absolute Gasteiger partial charge is 0.410 e. The van der Waals surface area contributed by atoms with Gasteiger partial charge in [-0.1, -0.05) is 12.1 Å². The van der Waals surface area contributed by atoms with Gasteiger partial charge in [0.05, 0.1) is 11.9 Å². The van der Waals surface area contributed by atoms with Crippen LogP contribution < -0.4 is 10.2 Å². The van der Waals surface area contributed by atoms with Gasteiger partial charge in [0.1, 0.15) is 17.2 Å². The number of ether oxygens (including phenoxy) is 1. The molecule has 0 atom stereocenters. The van der Waals surface area contributed by atoms with Gasteiger partial charge in [-0.05, 0) is 50.6 Å². The van der Waals surface area contributed by atoms with E-state index in [1.807, 2.05) is 32.9 Å². The third-order valence-corrected chi connectivity index (χ3v) is 4.41. The Balaban J connectivity index is 1.49. The molecular formula is C21H27FN4O2. The summed E-state index contributed by atoms with van der Waals surface area (Å²) in [6.07, 6.45) is 1.53. The Kier molecular flexibility index (Phi) is 6.02. The quantitative estimate of drug-likeness (QED) is 0.864. The number of hydrogen-bond acceptors (Lipinski definition) is 5. The largest absolute Gasteiger partial charge is 0.444 e. The van der Waals surface area contributed by atoms with E-state index in [-0.39, 0.29) is 11.9 Å². The fraction of sp³-hybridized carbons (Fsp3) is 0.429. The number of benzene rings is 1. The predicted molar refractivity (Wildman–Crippen MR) is 108 cm³/mol. The molecule has 1 aliphatic rings. The summed E-state index contributed by atoms with van der Waals surface area (Å²) in [5.41, 5.74) is 1.43. The van der Waals surface area contributed by atoms with Crippen molar-refractivity contribution in [2.24, 2.45) is 0 Å². The van der Waals surface area contributed by atoms with Gasteiger partial charge in [-0.2, -0.15) is 0 Å². The van der Waals surface area contributed by atoms with Crippen molar-refractivity contribution >= 4 is 17.6 Å². The molecule has 0 saturated carbocycles. The van der Waals surface area contributed by atoms with E-state index in [0.29, 0.717) is 32.7 Å². The molecule has 1 amide bonds. The Morgan fingerprint density at radius 3 is 2.36 bits per heavy atom. The van der Waals surface area contributed by atoms with E-state index in [2.05, 4.69) is 15.2 Å². The second-order valence-corrected chi connectivity index (χ2v) is 7.84. The lowest BCUT2D eigenvalue weighted by molar-refractivity contribution is 0.0240. The first-order chi connectivity index (χ1) is 13.3. The molecule has 2 heterocycles. The Bertz CT molecular complexity index is 780. The van der Waals surface area contributed by atoms with E-state index in [4.69, 9.17) is 4.74 Å². The van der Waals surface area contributed by atoms with Gasteiger partial charge in [0, 0.05) is 32.7 Å². The summed E-state index contributed by atoms with van der Waals surface area (Å²) < 4.78 is 18.4. The van der Waals surface area contributed by atoms with E-state index in [1.54, 1.807) is 23.2 Å². The zero-order valence-corrected chi connectivity index (χ0v) is 16.6. The summed E-state index contributed by atoms with van der Waals surface area (Å²) in [5, 5.41) is 3.28. The van der Waals surface area contributed by atoms with Crippen LogP contribution in [0.15, 0.2) is 42.6 Å². The standard InChI is InChI=1S/C21H27FN4O2/c1-21(2,3)28-20(27)26-12-10-25(11-13-26)19-9-8-18(15-24-19)23-14-16-4-6-17(22)7-5-16/h4-9,15,23H,10-14H2,1-3H3. The van der Waals surface area contributed by atoms with Crippen LogP contribution >= 0.6 is 0 Å². The summed E-state index contributed by atoms with van der Waals surface area (Å²) in [6.45, 7) is 8.88. The van der Waals surface area contributed by atoms with Crippen LogP contribution in [0.25, 0.3) is 0 Å². The lowest BCUT2D eigenvalue weighted by Gasteiger charge is -2.36. The minimum absolute atomic E-state index is 0.235. The van der Waals surface area contributed by atoms with Gasteiger partial charge in [-0.3, -0.25) is 0 Å². The Morgan fingerprint density at radius 2 is 1.79 bits per heavy atom. The first-order valence-electron chi connectivity index (χ1n) is 9.47. The number of halogens is 1. The number of anilines is 2. The first-order valence-corrected chi connectivity index (χ1v) is 9.47. The van der Waals surface area contributed by atoms with Gasteiger partial charge in [0.2, 0.25) is 0 Å². The third kappa shape index (κ3) is 5.58. The van der Waals surface area contributed by atoms with E-state index < -0.39 is 5.60 Å². The van der Waals surface area contributed by atoms with Crippen molar-refractivity contribution in [3.8, 4) is 0 Å². The van der Waals surface area contributed by atoms with E-state index in [1.165, 1.54) is 12.1 Å². The van der Waals surface area contributed by atoms with Gasteiger partial charge < -0.3 is 19.9 Å². The molecule has 1 N–H and O–H groups in total. The Hall–Kier alpha value is -2.83. The number of piperazine rings is 1. The topological polar surface area (TPSA) is 57.7 Å². The van der Waals surface area contributed by atoms with Crippen molar-refractivity contribution < 1.29 is 13.9 Å². The fourth-order valence-corrected chi connectivity index (χ4v) is 2.93. The zero-order valence-electron chi connectivity index (χ0n) is 16.6.